The molecule has 1 heterocycles. The molecule has 0 amide bonds. The van der Waals surface area contributed by atoms with Gasteiger partial charge in [0.05, 0.1) is 5.60 Å². The molecule has 3 heteroatoms. The third kappa shape index (κ3) is 2.67. The first-order chi connectivity index (χ1) is 8.31. The maximum Gasteiger partial charge on any atom is 0.0685 e. The summed E-state index contributed by atoms with van der Waals surface area (Å²) < 4.78 is 6.10. The van der Waals surface area contributed by atoms with Gasteiger partial charge in [-0.2, -0.15) is 0 Å². The number of nitrogens with two attached hydrogens (primary N) is 1. The fourth-order valence-electron chi connectivity index (χ4n) is 3.89. The molecule has 3 fully saturated rings. The Hall–Kier alpha value is -0.120. The van der Waals surface area contributed by atoms with E-state index in [1.165, 1.54) is 57.8 Å². The highest BCUT2D eigenvalue weighted by Gasteiger charge is 2.42. The molecule has 98 valence electrons. The number of nitrogens with one attached hydrogen (secondary N) is 1. The van der Waals surface area contributed by atoms with Gasteiger partial charge in [0.25, 0.3) is 0 Å². The normalized spacial score (nSPS) is 34.1. The maximum absolute atomic E-state index is 6.10. The first-order valence-electron chi connectivity index (χ1n) is 7.41. The Bertz CT molecular complexity index is 259. The Balaban J connectivity index is 1.60. The second kappa shape index (κ2) is 4.87. The van der Waals surface area contributed by atoms with Crippen LogP contribution in [0.5, 0.6) is 0 Å². The first kappa shape index (κ1) is 11.9. The van der Waals surface area contributed by atoms with Crippen molar-refractivity contribution < 1.29 is 4.74 Å². The lowest BCUT2D eigenvalue weighted by atomic mass is 9.79. The van der Waals surface area contributed by atoms with E-state index in [1.807, 2.05) is 0 Å². The summed E-state index contributed by atoms with van der Waals surface area (Å²) in [6.07, 6.45) is 11.9. The van der Waals surface area contributed by atoms with E-state index in [9.17, 15) is 0 Å². The fraction of sp³-hybridized carbons (Fsp3) is 1.00. The summed E-state index contributed by atoms with van der Waals surface area (Å²) in [5.41, 5.74) is 3.33. The molecule has 2 atom stereocenters. The molecule has 3 rings (SSSR count). The molecule has 2 saturated carbocycles. The predicted octanol–water partition coefficient (Wildman–Crippen LogP) is 2.36. The molecule has 1 saturated heterocycles. The van der Waals surface area contributed by atoms with E-state index in [1.54, 1.807) is 0 Å². The highest BCUT2D eigenvalue weighted by molar-refractivity contribution is 4.95. The van der Waals surface area contributed by atoms with Crippen LogP contribution in [0.25, 0.3) is 0 Å². The third-order valence-electron chi connectivity index (χ3n) is 5.11. The van der Waals surface area contributed by atoms with Gasteiger partial charge < -0.3 is 4.74 Å². The average molecular weight is 238 g/mol. The number of hydrogen-bond acceptors (Lipinski definition) is 3. The summed E-state index contributed by atoms with van der Waals surface area (Å²) in [6.45, 7) is 0.952. The van der Waals surface area contributed by atoms with Crippen molar-refractivity contribution in [1.29, 1.82) is 0 Å². The summed E-state index contributed by atoms with van der Waals surface area (Å²) in [5, 5.41) is 0. The van der Waals surface area contributed by atoms with E-state index in [4.69, 9.17) is 10.6 Å². The van der Waals surface area contributed by atoms with Gasteiger partial charge in [-0.05, 0) is 43.9 Å². The van der Waals surface area contributed by atoms with Crippen molar-refractivity contribution in [3.63, 3.8) is 0 Å². The first-order valence-corrected chi connectivity index (χ1v) is 7.41. The standard InChI is InChI=1S/C14H26N2O/c15-16-13(9-11-3-4-11)12-5-8-17-14(10-12)6-1-2-7-14/h11-13,16H,1-10,15H2. The largest absolute Gasteiger partial charge is 0.375 e. The predicted molar refractivity (Wildman–Crippen MR) is 68.3 cm³/mol. The van der Waals surface area contributed by atoms with Gasteiger partial charge in [0.15, 0.2) is 0 Å². The molecule has 3 N–H and O–H groups in total. The van der Waals surface area contributed by atoms with Crippen LogP contribution < -0.4 is 11.3 Å². The van der Waals surface area contributed by atoms with Crippen LogP contribution in [0.4, 0.5) is 0 Å². The number of rotatable bonds is 4. The molecule has 17 heavy (non-hydrogen) atoms. The Morgan fingerprint density at radius 2 is 2.00 bits per heavy atom. The summed E-state index contributed by atoms with van der Waals surface area (Å²) >= 11 is 0. The van der Waals surface area contributed by atoms with Crippen LogP contribution in [0.1, 0.15) is 57.8 Å². The molecule has 2 aliphatic carbocycles. The molecule has 0 aromatic heterocycles. The van der Waals surface area contributed by atoms with E-state index < -0.39 is 0 Å². The lowest BCUT2D eigenvalue weighted by molar-refractivity contribution is -0.0985. The van der Waals surface area contributed by atoms with Gasteiger partial charge in [-0.15, -0.1) is 0 Å². The Kier molecular flexibility index (Phi) is 3.42. The van der Waals surface area contributed by atoms with Gasteiger partial charge in [0.2, 0.25) is 0 Å². The minimum absolute atomic E-state index is 0.238. The second-order valence-electron chi connectivity index (χ2n) is 6.44. The summed E-state index contributed by atoms with van der Waals surface area (Å²) in [7, 11) is 0. The van der Waals surface area contributed by atoms with Crippen molar-refractivity contribution in [2.24, 2.45) is 17.7 Å². The number of ether oxygens (including phenoxy) is 1. The highest BCUT2D eigenvalue weighted by Crippen LogP contribution is 2.44. The van der Waals surface area contributed by atoms with Gasteiger partial charge in [-0.1, -0.05) is 25.7 Å². The minimum Gasteiger partial charge on any atom is -0.375 e. The average Bonchev–Trinajstić information content (AvgIpc) is 3.07. The zero-order chi connectivity index (χ0) is 11.7. The Morgan fingerprint density at radius 1 is 1.24 bits per heavy atom. The van der Waals surface area contributed by atoms with Gasteiger partial charge in [-0.3, -0.25) is 11.3 Å². The van der Waals surface area contributed by atoms with E-state index in [0.29, 0.717) is 6.04 Å². The third-order valence-corrected chi connectivity index (χ3v) is 5.11. The topological polar surface area (TPSA) is 47.3 Å². The minimum atomic E-state index is 0.238. The Morgan fingerprint density at radius 3 is 2.65 bits per heavy atom. The van der Waals surface area contributed by atoms with E-state index >= 15 is 0 Å². The number of hydrogen-bond donors (Lipinski definition) is 2. The SMILES string of the molecule is NNC(CC1CC1)C1CCOC2(CCCC2)C1. The molecular formula is C14H26N2O. The van der Waals surface area contributed by atoms with Crippen molar-refractivity contribution in [2.75, 3.05) is 6.61 Å². The molecule has 1 aliphatic heterocycles. The molecule has 1 spiro atoms. The summed E-state index contributed by atoms with van der Waals surface area (Å²) in [6, 6.07) is 0.531. The van der Waals surface area contributed by atoms with Gasteiger partial charge in [0.1, 0.15) is 0 Å². The smallest absolute Gasteiger partial charge is 0.0685 e. The van der Waals surface area contributed by atoms with Gasteiger partial charge in [0, 0.05) is 12.6 Å². The van der Waals surface area contributed by atoms with Crippen molar-refractivity contribution in [3.8, 4) is 0 Å². The van der Waals surface area contributed by atoms with Crippen LogP contribution in [0, 0.1) is 11.8 Å². The number of hydrazine groups is 1. The fourth-order valence-corrected chi connectivity index (χ4v) is 3.89. The lowest BCUT2D eigenvalue weighted by Crippen LogP contribution is -2.48. The van der Waals surface area contributed by atoms with E-state index in [-0.39, 0.29) is 5.60 Å². The zero-order valence-corrected chi connectivity index (χ0v) is 10.8. The molecule has 3 nitrogen and oxygen atoms in total. The quantitative estimate of drug-likeness (QED) is 0.584. The van der Waals surface area contributed by atoms with Crippen molar-refractivity contribution in [3.05, 3.63) is 0 Å². The monoisotopic (exact) mass is 238 g/mol. The van der Waals surface area contributed by atoms with Gasteiger partial charge in [-0.25, -0.2) is 0 Å². The van der Waals surface area contributed by atoms with Crippen LogP contribution >= 0.6 is 0 Å². The molecule has 2 unspecified atom stereocenters. The van der Waals surface area contributed by atoms with Crippen molar-refractivity contribution >= 4 is 0 Å². The van der Waals surface area contributed by atoms with Crippen LogP contribution in [0.3, 0.4) is 0 Å². The van der Waals surface area contributed by atoms with Crippen LogP contribution in [0.15, 0.2) is 0 Å². The van der Waals surface area contributed by atoms with Crippen molar-refractivity contribution in [2.45, 2.75) is 69.4 Å². The molecule has 0 radical (unpaired) electrons. The summed E-state index contributed by atoms with van der Waals surface area (Å²) in [4.78, 5) is 0. The van der Waals surface area contributed by atoms with Crippen LogP contribution in [-0.4, -0.2) is 18.2 Å². The lowest BCUT2D eigenvalue weighted by Gasteiger charge is -2.41. The van der Waals surface area contributed by atoms with Crippen molar-refractivity contribution in [1.82, 2.24) is 5.43 Å². The van der Waals surface area contributed by atoms with Gasteiger partial charge >= 0.3 is 0 Å². The van der Waals surface area contributed by atoms with E-state index in [0.717, 1.165) is 18.4 Å². The van der Waals surface area contributed by atoms with E-state index in [2.05, 4.69) is 5.43 Å². The summed E-state index contributed by atoms with van der Waals surface area (Å²) in [5.74, 6) is 7.48. The second-order valence-corrected chi connectivity index (χ2v) is 6.44. The molecule has 0 aromatic rings. The van der Waals surface area contributed by atoms with Crippen LogP contribution in [0.2, 0.25) is 0 Å². The Labute approximate surface area is 104 Å². The van der Waals surface area contributed by atoms with Crippen LogP contribution in [-0.2, 0) is 4.74 Å². The highest BCUT2D eigenvalue weighted by atomic mass is 16.5. The molecular weight excluding hydrogens is 212 g/mol. The molecule has 0 aromatic carbocycles. The molecule has 3 aliphatic rings. The zero-order valence-electron chi connectivity index (χ0n) is 10.8. The molecule has 0 bridgehead atoms. The maximum atomic E-state index is 6.10.